The molecule has 4 nitrogen and oxygen atoms in total. The zero-order chi connectivity index (χ0) is 24.4. The third-order valence-corrected chi connectivity index (χ3v) is 8.17. The molecule has 3 aromatic rings. The predicted octanol–water partition coefficient (Wildman–Crippen LogP) is 6.32. The summed E-state index contributed by atoms with van der Waals surface area (Å²) >= 11 is 0. The maximum atomic E-state index is 13.0. The van der Waals surface area contributed by atoms with E-state index in [9.17, 15) is 14.7 Å². The second-order valence-corrected chi connectivity index (χ2v) is 10.0. The number of carbonyl (C=O) groups excluding carboxylic acids is 1. The van der Waals surface area contributed by atoms with Crippen molar-refractivity contribution in [3.05, 3.63) is 97.6 Å². The summed E-state index contributed by atoms with van der Waals surface area (Å²) in [5.74, 6) is -1.00. The Hall–Kier alpha value is -3.40. The molecule has 0 heterocycles. The number of rotatable bonds is 3. The van der Waals surface area contributed by atoms with E-state index in [1.165, 1.54) is 51.1 Å². The number of ether oxygens (including phenoxy) is 1. The largest absolute Gasteiger partial charge is 0.478 e. The molecule has 0 bridgehead atoms. The number of fused-ring (bicyclic) bond motifs is 4. The molecule has 0 aromatic heterocycles. The van der Waals surface area contributed by atoms with Gasteiger partial charge in [0.15, 0.2) is 0 Å². The maximum absolute atomic E-state index is 13.0. The number of hydrogen-bond acceptors (Lipinski definition) is 3. The Labute approximate surface area is 200 Å². The lowest BCUT2D eigenvalue weighted by molar-refractivity contribution is 0.0697. The highest BCUT2D eigenvalue weighted by Crippen LogP contribution is 2.56. The van der Waals surface area contributed by atoms with Crippen LogP contribution < -0.4 is 4.74 Å². The van der Waals surface area contributed by atoms with Gasteiger partial charge in [-0.3, -0.25) is 0 Å². The fourth-order valence-corrected chi connectivity index (χ4v) is 6.48. The molecule has 2 aliphatic rings. The van der Waals surface area contributed by atoms with Gasteiger partial charge in [-0.2, -0.15) is 0 Å². The van der Waals surface area contributed by atoms with Gasteiger partial charge >= 0.3 is 11.9 Å². The Bertz CT molecular complexity index is 1380. The van der Waals surface area contributed by atoms with Gasteiger partial charge in [-0.1, -0.05) is 18.2 Å². The number of esters is 1. The van der Waals surface area contributed by atoms with Crippen LogP contribution in [0, 0.1) is 34.6 Å². The van der Waals surface area contributed by atoms with Gasteiger partial charge < -0.3 is 9.84 Å². The van der Waals surface area contributed by atoms with Crippen LogP contribution in [0.2, 0.25) is 0 Å². The minimum atomic E-state index is -1.07. The summed E-state index contributed by atoms with van der Waals surface area (Å²) in [4.78, 5) is 24.4. The highest BCUT2D eigenvalue weighted by molar-refractivity contribution is 5.95. The van der Waals surface area contributed by atoms with E-state index >= 15 is 0 Å². The number of carboxylic acids is 1. The minimum Gasteiger partial charge on any atom is -0.478 e. The summed E-state index contributed by atoms with van der Waals surface area (Å²) in [6.45, 7) is 10.7. The summed E-state index contributed by atoms with van der Waals surface area (Å²) in [6.07, 6.45) is 4.26. The molecule has 4 heteroatoms. The molecule has 1 spiro atoms. The zero-order valence-corrected chi connectivity index (χ0v) is 20.5. The van der Waals surface area contributed by atoms with Gasteiger partial charge in [-0.15, -0.1) is 0 Å². The average Bonchev–Trinajstić information content (AvgIpc) is 3.35. The first-order chi connectivity index (χ1) is 16.1. The lowest BCUT2D eigenvalue weighted by Gasteiger charge is -2.31. The second kappa shape index (κ2) is 7.83. The number of carboxylic acid groups (broad SMARTS) is 1. The molecule has 0 radical (unpaired) electrons. The van der Waals surface area contributed by atoms with Crippen molar-refractivity contribution in [3.63, 3.8) is 0 Å². The van der Waals surface area contributed by atoms with E-state index in [0.717, 1.165) is 36.8 Å². The third kappa shape index (κ3) is 3.19. The fraction of sp³-hybridized carbons (Fsp3) is 0.333. The second-order valence-electron chi connectivity index (χ2n) is 10.0. The van der Waals surface area contributed by atoms with Gasteiger partial charge in [-0.25, -0.2) is 9.59 Å². The molecule has 0 aliphatic heterocycles. The molecule has 34 heavy (non-hydrogen) atoms. The first-order valence-electron chi connectivity index (χ1n) is 11.9. The SMILES string of the molecule is Cc1cc2c(c(C)c1C)C1(CC2)CCc2cc(C)c(OC(=O)c3cccc(C(=O)O)c3)c(C)c21. The molecular formula is C30H30O4. The van der Waals surface area contributed by atoms with Crippen molar-refractivity contribution in [1.29, 1.82) is 0 Å². The van der Waals surface area contributed by atoms with Crippen molar-refractivity contribution in [3.8, 4) is 5.75 Å². The maximum Gasteiger partial charge on any atom is 0.343 e. The zero-order valence-electron chi connectivity index (χ0n) is 20.5. The van der Waals surface area contributed by atoms with Crippen LogP contribution in [0.3, 0.4) is 0 Å². The van der Waals surface area contributed by atoms with Crippen molar-refractivity contribution in [2.75, 3.05) is 0 Å². The Morgan fingerprint density at radius 1 is 0.794 bits per heavy atom. The van der Waals surface area contributed by atoms with Gasteiger partial charge in [-0.05, 0) is 129 Å². The van der Waals surface area contributed by atoms with Crippen molar-refractivity contribution in [2.45, 2.75) is 65.7 Å². The highest BCUT2D eigenvalue weighted by Gasteiger charge is 2.47. The average molecular weight is 455 g/mol. The Morgan fingerprint density at radius 3 is 2.03 bits per heavy atom. The summed E-state index contributed by atoms with van der Waals surface area (Å²) in [7, 11) is 0. The monoisotopic (exact) mass is 454 g/mol. The summed E-state index contributed by atoms with van der Waals surface area (Å²) in [6, 6.07) is 10.5. The van der Waals surface area contributed by atoms with Gasteiger partial charge in [0.25, 0.3) is 0 Å². The van der Waals surface area contributed by atoms with E-state index in [-0.39, 0.29) is 16.5 Å². The number of benzene rings is 3. The van der Waals surface area contributed by atoms with Crippen LogP contribution in [0.25, 0.3) is 0 Å². The van der Waals surface area contributed by atoms with E-state index in [1.807, 2.05) is 6.92 Å². The van der Waals surface area contributed by atoms with Crippen LogP contribution in [0.4, 0.5) is 0 Å². The number of carbonyl (C=O) groups is 2. The van der Waals surface area contributed by atoms with Crippen molar-refractivity contribution < 1.29 is 19.4 Å². The molecule has 0 saturated heterocycles. The molecule has 1 atom stereocenters. The molecule has 0 fully saturated rings. The van der Waals surface area contributed by atoms with Crippen LogP contribution >= 0.6 is 0 Å². The first-order valence-corrected chi connectivity index (χ1v) is 11.9. The molecule has 5 rings (SSSR count). The normalized spacial score (nSPS) is 18.1. The van der Waals surface area contributed by atoms with E-state index < -0.39 is 11.9 Å². The standard InChI is InChI=1S/C30H30O4/c1-16-13-21-9-11-30(25(21)19(4)18(16)3)12-10-22-14-17(2)27(20(5)26(22)30)34-29(33)24-8-6-7-23(15-24)28(31)32/h6-8,13-15H,9-12H2,1-5H3,(H,31,32). The molecule has 1 N–H and O–H groups in total. The number of aryl methyl sites for hydroxylation is 4. The smallest absolute Gasteiger partial charge is 0.343 e. The Balaban J connectivity index is 1.60. The van der Waals surface area contributed by atoms with E-state index in [4.69, 9.17) is 4.74 Å². The van der Waals surface area contributed by atoms with E-state index in [2.05, 4.69) is 39.8 Å². The molecule has 0 amide bonds. The molecule has 174 valence electrons. The molecule has 3 aromatic carbocycles. The van der Waals surface area contributed by atoms with Crippen LogP contribution in [-0.4, -0.2) is 17.0 Å². The highest BCUT2D eigenvalue weighted by atomic mass is 16.5. The van der Waals surface area contributed by atoms with Crippen molar-refractivity contribution >= 4 is 11.9 Å². The van der Waals surface area contributed by atoms with E-state index in [1.54, 1.807) is 12.1 Å². The topological polar surface area (TPSA) is 63.6 Å². The van der Waals surface area contributed by atoms with Gasteiger partial charge in [0.05, 0.1) is 11.1 Å². The summed E-state index contributed by atoms with van der Waals surface area (Å²) < 4.78 is 5.95. The molecule has 0 saturated carbocycles. The third-order valence-electron chi connectivity index (χ3n) is 8.17. The van der Waals surface area contributed by atoms with Gasteiger partial charge in [0, 0.05) is 5.41 Å². The van der Waals surface area contributed by atoms with Crippen LogP contribution in [0.15, 0.2) is 36.4 Å². The molecule has 1 unspecified atom stereocenters. The van der Waals surface area contributed by atoms with Crippen molar-refractivity contribution in [1.82, 2.24) is 0 Å². The summed E-state index contributed by atoms with van der Waals surface area (Å²) in [5, 5.41) is 9.28. The first kappa shape index (κ1) is 22.4. The lowest BCUT2D eigenvalue weighted by Crippen LogP contribution is -2.24. The quantitative estimate of drug-likeness (QED) is 0.371. The van der Waals surface area contributed by atoms with Crippen LogP contribution in [0.1, 0.15) is 83.6 Å². The van der Waals surface area contributed by atoms with Crippen LogP contribution in [0.5, 0.6) is 5.75 Å². The van der Waals surface area contributed by atoms with Crippen molar-refractivity contribution in [2.24, 2.45) is 0 Å². The number of hydrogen-bond donors (Lipinski definition) is 1. The van der Waals surface area contributed by atoms with Gasteiger partial charge in [0.1, 0.15) is 5.75 Å². The van der Waals surface area contributed by atoms with Crippen LogP contribution in [-0.2, 0) is 18.3 Å². The number of aromatic carboxylic acids is 1. The molecule has 2 aliphatic carbocycles. The minimum absolute atomic E-state index is 0.0324. The van der Waals surface area contributed by atoms with E-state index in [0.29, 0.717) is 5.75 Å². The summed E-state index contributed by atoms with van der Waals surface area (Å²) in [5.41, 5.74) is 12.0. The lowest BCUT2D eigenvalue weighted by atomic mass is 9.72. The van der Waals surface area contributed by atoms with Gasteiger partial charge in [0.2, 0.25) is 0 Å². The Morgan fingerprint density at radius 2 is 1.38 bits per heavy atom. The predicted molar refractivity (Wildman–Crippen MR) is 132 cm³/mol. The Kier molecular flexibility index (Phi) is 5.16. The molecular weight excluding hydrogens is 424 g/mol. The fourth-order valence-electron chi connectivity index (χ4n) is 6.48.